The van der Waals surface area contributed by atoms with Crippen LogP contribution in [0.3, 0.4) is 0 Å². The van der Waals surface area contributed by atoms with Crippen molar-refractivity contribution in [2.24, 2.45) is 17.4 Å². The molecule has 5 nitrogen and oxygen atoms in total. The van der Waals surface area contributed by atoms with Crippen LogP contribution in [0.1, 0.15) is 17.5 Å². The quantitative estimate of drug-likeness (QED) is 0.779. The molecule has 4 N–H and O–H groups in total. The molecule has 1 aromatic rings. The molecule has 0 aromatic heterocycles. The third-order valence-electron chi connectivity index (χ3n) is 3.63. The van der Waals surface area contributed by atoms with Crippen molar-refractivity contribution in [3.63, 3.8) is 0 Å². The minimum absolute atomic E-state index is 0.0558. The maximum absolute atomic E-state index is 11.2. The second-order valence-corrected chi connectivity index (χ2v) is 5.45. The first-order valence-corrected chi connectivity index (χ1v) is 6.90. The Morgan fingerprint density at radius 1 is 1.50 bits per heavy atom. The van der Waals surface area contributed by atoms with Crippen molar-refractivity contribution in [3.05, 3.63) is 29.3 Å². The third-order valence-corrected chi connectivity index (χ3v) is 3.87. The Kier molecular flexibility index (Phi) is 4.57. The number of carbonyl (C=O) groups excluding carboxylic acids is 1. The van der Waals surface area contributed by atoms with Gasteiger partial charge in [-0.2, -0.15) is 0 Å². The van der Waals surface area contributed by atoms with Crippen molar-refractivity contribution in [1.82, 2.24) is 4.90 Å². The predicted octanol–water partition coefficient (Wildman–Crippen LogP) is 0.637. The summed E-state index contributed by atoms with van der Waals surface area (Å²) in [6, 6.07) is 5.66. The van der Waals surface area contributed by atoms with Gasteiger partial charge in [0, 0.05) is 24.2 Å². The summed E-state index contributed by atoms with van der Waals surface area (Å²) in [4.78, 5) is 13.8. The number of primary amides is 1. The van der Waals surface area contributed by atoms with Gasteiger partial charge in [-0.3, -0.25) is 9.69 Å². The molecule has 0 spiro atoms. The molecule has 1 aromatic carbocycles. The van der Waals surface area contributed by atoms with E-state index in [1.54, 1.807) is 7.11 Å². The van der Waals surface area contributed by atoms with Crippen molar-refractivity contribution >= 4 is 23.1 Å². The van der Waals surface area contributed by atoms with Gasteiger partial charge in [0.2, 0.25) is 5.91 Å². The van der Waals surface area contributed by atoms with Crippen molar-refractivity contribution in [3.8, 4) is 5.75 Å². The van der Waals surface area contributed by atoms with E-state index in [-0.39, 0.29) is 11.8 Å². The SMILES string of the molecule is COc1ccc(C(N)=S)cc1CN1CCC(C(N)=O)C1. The molecule has 0 saturated carbocycles. The van der Waals surface area contributed by atoms with E-state index in [2.05, 4.69) is 4.90 Å². The van der Waals surface area contributed by atoms with E-state index >= 15 is 0 Å². The number of amides is 1. The lowest BCUT2D eigenvalue weighted by atomic mass is 10.1. The second-order valence-electron chi connectivity index (χ2n) is 5.01. The van der Waals surface area contributed by atoms with Crippen LogP contribution in [0.15, 0.2) is 18.2 Å². The molecule has 1 atom stereocenters. The maximum Gasteiger partial charge on any atom is 0.221 e. The molecule has 2 rings (SSSR count). The molecule has 1 aliphatic heterocycles. The van der Waals surface area contributed by atoms with Gasteiger partial charge in [0.1, 0.15) is 10.7 Å². The molecule has 1 heterocycles. The molecule has 1 aliphatic rings. The summed E-state index contributed by atoms with van der Waals surface area (Å²) < 4.78 is 5.36. The zero-order valence-electron chi connectivity index (χ0n) is 11.5. The molecule has 0 radical (unpaired) electrons. The van der Waals surface area contributed by atoms with E-state index in [0.717, 1.165) is 29.8 Å². The first-order valence-electron chi connectivity index (χ1n) is 6.49. The Balaban J connectivity index is 2.14. The van der Waals surface area contributed by atoms with Crippen LogP contribution in [0.5, 0.6) is 5.75 Å². The summed E-state index contributed by atoms with van der Waals surface area (Å²) in [6.45, 7) is 2.24. The van der Waals surface area contributed by atoms with E-state index in [1.165, 1.54) is 0 Å². The highest BCUT2D eigenvalue weighted by Gasteiger charge is 2.27. The van der Waals surface area contributed by atoms with E-state index in [9.17, 15) is 4.79 Å². The van der Waals surface area contributed by atoms with E-state index in [0.29, 0.717) is 18.1 Å². The van der Waals surface area contributed by atoms with Gasteiger partial charge in [-0.15, -0.1) is 0 Å². The zero-order valence-corrected chi connectivity index (χ0v) is 12.3. The van der Waals surface area contributed by atoms with Gasteiger partial charge in [0.05, 0.1) is 13.0 Å². The summed E-state index contributed by atoms with van der Waals surface area (Å²) in [7, 11) is 1.63. The topological polar surface area (TPSA) is 81.6 Å². The van der Waals surface area contributed by atoms with Crippen molar-refractivity contribution in [2.75, 3.05) is 20.2 Å². The highest BCUT2D eigenvalue weighted by molar-refractivity contribution is 7.80. The minimum Gasteiger partial charge on any atom is -0.496 e. The molecule has 1 fully saturated rings. The smallest absolute Gasteiger partial charge is 0.221 e. The zero-order chi connectivity index (χ0) is 14.7. The van der Waals surface area contributed by atoms with Crippen LogP contribution >= 0.6 is 12.2 Å². The lowest BCUT2D eigenvalue weighted by molar-refractivity contribution is -0.121. The molecular formula is C14H19N3O2S. The molecule has 6 heteroatoms. The highest BCUT2D eigenvalue weighted by atomic mass is 32.1. The molecule has 0 bridgehead atoms. The Hall–Kier alpha value is -1.66. The lowest BCUT2D eigenvalue weighted by Gasteiger charge is -2.18. The lowest BCUT2D eigenvalue weighted by Crippen LogP contribution is -2.27. The Morgan fingerprint density at radius 3 is 2.80 bits per heavy atom. The average molecular weight is 293 g/mol. The molecule has 20 heavy (non-hydrogen) atoms. The maximum atomic E-state index is 11.2. The molecule has 108 valence electrons. The Bertz CT molecular complexity index is 533. The number of hydrogen-bond acceptors (Lipinski definition) is 4. The summed E-state index contributed by atoms with van der Waals surface area (Å²) in [6.07, 6.45) is 0.812. The van der Waals surface area contributed by atoms with Crippen molar-refractivity contribution < 1.29 is 9.53 Å². The van der Waals surface area contributed by atoms with Crippen molar-refractivity contribution in [2.45, 2.75) is 13.0 Å². The second kappa shape index (κ2) is 6.19. The molecule has 0 aliphatic carbocycles. The predicted molar refractivity (Wildman–Crippen MR) is 81.5 cm³/mol. The molecular weight excluding hydrogens is 274 g/mol. The van der Waals surface area contributed by atoms with Crippen LogP contribution in [0, 0.1) is 5.92 Å². The van der Waals surface area contributed by atoms with Crippen LogP contribution in [0.4, 0.5) is 0 Å². The van der Waals surface area contributed by atoms with Crippen LogP contribution in [-0.2, 0) is 11.3 Å². The summed E-state index contributed by atoms with van der Waals surface area (Å²) >= 11 is 5.00. The number of benzene rings is 1. The van der Waals surface area contributed by atoms with Crippen LogP contribution in [-0.4, -0.2) is 36.0 Å². The van der Waals surface area contributed by atoms with Crippen LogP contribution in [0.2, 0.25) is 0 Å². The van der Waals surface area contributed by atoms with Gasteiger partial charge >= 0.3 is 0 Å². The van der Waals surface area contributed by atoms with Gasteiger partial charge in [0.25, 0.3) is 0 Å². The standard InChI is InChI=1S/C14H19N3O2S/c1-19-12-3-2-9(14(16)20)6-11(12)8-17-5-4-10(7-17)13(15)18/h2-3,6,10H,4-5,7-8H2,1H3,(H2,15,18)(H2,16,20). The van der Waals surface area contributed by atoms with Gasteiger partial charge < -0.3 is 16.2 Å². The van der Waals surface area contributed by atoms with E-state index in [4.69, 9.17) is 28.4 Å². The van der Waals surface area contributed by atoms with Gasteiger partial charge in [-0.1, -0.05) is 12.2 Å². The number of ether oxygens (including phenoxy) is 1. The number of hydrogen-bond donors (Lipinski definition) is 2. The first-order chi connectivity index (χ1) is 9.51. The van der Waals surface area contributed by atoms with Crippen LogP contribution in [0.25, 0.3) is 0 Å². The fourth-order valence-electron chi connectivity index (χ4n) is 2.50. The van der Waals surface area contributed by atoms with Gasteiger partial charge in [-0.05, 0) is 31.2 Å². The average Bonchev–Trinajstić information content (AvgIpc) is 2.87. The van der Waals surface area contributed by atoms with Crippen LogP contribution < -0.4 is 16.2 Å². The third kappa shape index (κ3) is 3.26. The summed E-state index contributed by atoms with van der Waals surface area (Å²) in [5, 5.41) is 0. The number of thiocarbonyl (C=S) groups is 1. The number of carbonyl (C=O) groups is 1. The van der Waals surface area contributed by atoms with E-state index in [1.807, 2.05) is 18.2 Å². The largest absolute Gasteiger partial charge is 0.496 e. The number of nitrogens with two attached hydrogens (primary N) is 2. The summed E-state index contributed by atoms with van der Waals surface area (Å²) in [5.41, 5.74) is 12.8. The number of methoxy groups -OCH3 is 1. The van der Waals surface area contributed by atoms with Crippen molar-refractivity contribution in [1.29, 1.82) is 0 Å². The number of nitrogens with zero attached hydrogens (tertiary/aromatic N) is 1. The fourth-order valence-corrected chi connectivity index (χ4v) is 2.63. The fraction of sp³-hybridized carbons (Fsp3) is 0.429. The Morgan fingerprint density at radius 2 is 2.25 bits per heavy atom. The Labute approximate surface area is 123 Å². The number of rotatable bonds is 5. The molecule has 1 unspecified atom stereocenters. The molecule has 1 amide bonds. The summed E-state index contributed by atoms with van der Waals surface area (Å²) in [5.74, 6) is 0.517. The van der Waals surface area contributed by atoms with Gasteiger partial charge in [0.15, 0.2) is 0 Å². The molecule has 1 saturated heterocycles. The van der Waals surface area contributed by atoms with E-state index < -0.39 is 0 Å². The normalized spacial score (nSPS) is 18.9. The number of likely N-dealkylation sites (tertiary alicyclic amines) is 1. The highest BCUT2D eigenvalue weighted by Crippen LogP contribution is 2.25. The first kappa shape index (κ1) is 14.7. The monoisotopic (exact) mass is 293 g/mol. The van der Waals surface area contributed by atoms with Gasteiger partial charge in [-0.25, -0.2) is 0 Å². The minimum atomic E-state index is -0.226.